The van der Waals surface area contributed by atoms with E-state index in [0.29, 0.717) is 17.3 Å². The molecule has 2 aromatic carbocycles. The first-order valence-electron chi connectivity index (χ1n) is 10.4. The highest BCUT2D eigenvalue weighted by Crippen LogP contribution is 2.28. The molecule has 0 aliphatic carbocycles. The van der Waals surface area contributed by atoms with Crippen LogP contribution in [-0.4, -0.2) is 43.8 Å². The number of ketones is 1. The van der Waals surface area contributed by atoms with Crippen LogP contribution in [0.2, 0.25) is 0 Å². The number of aromatic nitrogens is 3. The molecule has 1 fully saturated rings. The molecule has 0 bridgehead atoms. The van der Waals surface area contributed by atoms with Gasteiger partial charge in [-0.3, -0.25) is 14.3 Å². The minimum Gasteiger partial charge on any atom is -0.296 e. The fraction of sp³-hybridized carbons (Fsp3) is 0.348. The van der Waals surface area contributed by atoms with Gasteiger partial charge in [0.1, 0.15) is 11.6 Å². The smallest absolute Gasteiger partial charge is 0.196 e. The van der Waals surface area contributed by atoms with Crippen molar-refractivity contribution in [2.24, 2.45) is 0 Å². The summed E-state index contributed by atoms with van der Waals surface area (Å²) in [7, 11) is 0. The molecule has 1 atom stereocenters. The van der Waals surface area contributed by atoms with Crippen LogP contribution in [-0.2, 0) is 6.54 Å². The first kappa shape index (κ1) is 21.6. The van der Waals surface area contributed by atoms with Gasteiger partial charge in [0.25, 0.3) is 0 Å². The molecule has 0 spiro atoms. The highest BCUT2D eigenvalue weighted by Gasteiger charge is 2.23. The number of likely N-dealkylation sites (tertiary alicyclic amines) is 1. The number of piperidine rings is 1. The summed E-state index contributed by atoms with van der Waals surface area (Å²) in [6.45, 7) is 4.46. The summed E-state index contributed by atoms with van der Waals surface area (Å²) in [5, 5.41) is 8.88. The molecular weight excluding hydrogens is 418 g/mol. The molecule has 1 aliphatic heterocycles. The maximum atomic E-state index is 13.5. The summed E-state index contributed by atoms with van der Waals surface area (Å²) >= 11 is 1.29. The molecule has 5 nitrogen and oxygen atoms in total. The second-order valence-corrected chi connectivity index (χ2v) is 8.99. The van der Waals surface area contributed by atoms with Gasteiger partial charge in [-0.1, -0.05) is 18.2 Å². The summed E-state index contributed by atoms with van der Waals surface area (Å²) in [5.41, 5.74) is 1.20. The van der Waals surface area contributed by atoms with Crippen molar-refractivity contribution in [3.05, 3.63) is 71.6 Å². The average molecular weight is 443 g/mol. The van der Waals surface area contributed by atoms with Crippen LogP contribution in [0, 0.1) is 11.6 Å². The number of halogens is 2. The van der Waals surface area contributed by atoms with Gasteiger partial charge in [-0.15, -0.1) is 10.2 Å². The van der Waals surface area contributed by atoms with Crippen molar-refractivity contribution in [1.29, 1.82) is 0 Å². The van der Waals surface area contributed by atoms with Gasteiger partial charge in [0, 0.05) is 11.3 Å². The van der Waals surface area contributed by atoms with Gasteiger partial charge in [-0.2, -0.15) is 0 Å². The molecule has 3 aromatic rings. The first-order valence-corrected chi connectivity index (χ1v) is 11.3. The van der Waals surface area contributed by atoms with Gasteiger partial charge in [0.2, 0.25) is 0 Å². The predicted octanol–water partition coefficient (Wildman–Crippen LogP) is 4.89. The van der Waals surface area contributed by atoms with E-state index in [1.165, 1.54) is 54.6 Å². The van der Waals surface area contributed by atoms with Crippen molar-refractivity contribution in [1.82, 2.24) is 19.7 Å². The average Bonchev–Trinajstić information content (AvgIpc) is 3.17. The van der Waals surface area contributed by atoms with Gasteiger partial charge in [-0.05, 0) is 81.4 Å². The summed E-state index contributed by atoms with van der Waals surface area (Å²) in [4.78, 5) is 15.2. The van der Waals surface area contributed by atoms with Gasteiger partial charge in [0.15, 0.2) is 16.8 Å². The van der Waals surface area contributed by atoms with Gasteiger partial charge < -0.3 is 0 Å². The van der Waals surface area contributed by atoms with Crippen LogP contribution in [0.15, 0.2) is 53.7 Å². The number of benzene rings is 2. The van der Waals surface area contributed by atoms with Crippen LogP contribution in [0.4, 0.5) is 8.78 Å². The van der Waals surface area contributed by atoms with Crippen LogP contribution < -0.4 is 0 Å². The monoisotopic (exact) mass is 442 g/mol. The lowest BCUT2D eigenvalue weighted by Crippen LogP contribution is -2.30. The van der Waals surface area contributed by atoms with Crippen LogP contribution in [0.5, 0.6) is 0 Å². The number of Topliss-reactive ketones (excluding diaryl/α,β-unsaturated/α-hetero) is 1. The van der Waals surface area contributed by atoms with Crippen molar-refractivity contribution in [3.63, 3.8) is 0 Å². The van der Waals surface area contributed by atoms with Crippen molar-refractivity contribution in [3.8, 4) is 5.69 Å². The molecule has 2 heterocycles. The highest BCUT2D eigenvalue weighted by atomic mass is 32.2. The standard InChI is InChI=1S/C23H24F2N4OS/c1-16(22(30)17-5-7-18(24)8-6-17)31-23-27-26-21(15-28-13-3-2-4-14-28)29(23)20-11-9-19(25)10-12-20/h5-12,16H,2-4,13-15H2,1H3. The third-order valence-electron chi connectivity index (χ3n) is 5.38. The van der Waals surface area contributed by atoms with E-state index in [0.717, 1.165) is 37.4 Å². The molecule has 1 aromatic heterocycles. The molecule has 0 saturated carbocycles. The van der Waals surface area contributed by atoms with Crippen LogP contribution in [0.25, 0.3) is 5.69 Å². The number of hydrogen-bond acceptors (Lipinski definition) is 5. The fourth-order valence-electron chi connectivity index (χ4n) is 3.71. The Morgan fingerprint density at radius 2 is 1.58 bits per heavy atom. The minimum absolute atomic E-state index is 0.115. The normalized spacial score (nSPS) is 15.7. The largest absolute Gasteiger partial charge is 0.296 e. The molecule has 31 heavy (non-hydrogen) atoms. The Bertz CT molecular complexity index is 1030. The van der Waals surface area contributed by atoms with E-state index >= 15 is 0 Å². The van der Waals surface area contributed by atoms with E-state index in [2.05, 4.69) is 15.1 Å². The molecule has 1 unspecified atom stereocenters. The Labute approximate surface area is 184 Å². The van der Waals surface area contributed by atoms with E-state index in [9.17, 15) is 13.6 Å². The van der Waals surface area contributed by atoms with Gasteiger partial charge in [-0.25, -0.2) is 8.78 Å². The van der Waals surface area contributed by atoms with E-state index in [4.69, 9.17) is 0 Å². The minimum atomic E-state index is -0.448. The molecule has 4 rings (SSSR count). The Morgan fingerprint density at radius 1 is 0.968 bits per heavy atom. The number of thioether (sulfide) groups is 1. The zero-order valence-corrected chi connectivity index (χ0v) is 18.1. The molecular formula is C23H24F2N4OS. The van der Waals surface area contributed by atoms with Gasteiger partial charge in [0.05, 0.1) is 11.8 Å². The molecule has 1 saturated heterocycles. The number of rotatable bonds is 7. The lowest BCUT2D eigenvalue weighted by atomic mass is 10.1. The SMILES string of the molecule is CC(Sc1nnc(CN2CCCCC2)n1-c1ccc(F)cc1)C(=O)c1ccc(F)cc1. The van der Waals surface area contributed by atoms with Gasteiger partial charge >= 0.3 is 0 Å². The predicted molar refractivity (Wildman–Crippen MR) is 116 cm³/mol. The third kappa shape index (κ3) is 5.19. The summed E-state index contributed by atoms with van der Waals surface area (Å²) in [5.74, 6) is -0.0487. The third-order valence-corrected chi connectivity index (χ3v) is 6.42. The Kier molecular flexibility index (Phi) is 6.77. The molecule has 1 aliphatic rings. The lowest BCUT2D eigenvalue weighted by molar-refractivity contribution is 0.0994. The second kappa shape index (κ2) is 9.70. The maximum absolute atomic E-state index is 13.5. The number of nitrogens with zero attached hydrogens (tertiary/aromatic N) is 4. The van der Waals surface area contributed by atoms with E-state index in [1.54, 1.807) is 19.1 Å². The summed E-state index contributed by atoms with van der Waals surface area (Å²) < 4.78 is 28.6. The Hall–Kier alpha value is -2.58. The topological polar surface area (TPSA) is 51.0 Å². The molecule has 0 radical (unpaired) electrons. The highest BCUT2D eigenvalue weighted by molar-refractivity contribution is 8.00. The van der Waals surface area contributed by atoms with E-state index in [-0.39, 0.29) is 17.4 Å². The molecule has 162 valence electrons. The molecule has 0 N–H and O–H groups in total. The van der Waals surface area contributed by atoms with Crippen LogP contribution in [0.3, 0.4) is 0 Å². The zero-order valence-electron chi connectivity index (χ0n) is 17.3. The number of carbonyl (C=O) groups excluding carboxylic acids is 1. The Balaban J connectivity index is 1.60. The van der Waals surface area contributed by atoms with Crippen molar-refractivity contribution in [2.45, 2.75) is 43.1 Å². The maximum Gasteiger partial charge on any atom is 0.196 e. The summed E-state index contributed by atoms with van der Waals surface area (Å²) in [6.07, 6.45) is 3.57. The van der Waals surface area contributed by atoms with Crippen LogP contribution >= 0.6 is 11.8 Å². The fourth-order valence-corrected chi connectivity index (χ4v) is 4.67. The van der Waals surface area contributed by atoms with Crippen molar-refractivity contribution in [2.75, 3.05) is 13.1 Å². The Morgan fingerprint density at radius 3 is 2.23 bits per heavy atom. The van der Waals surface area contributed by atoms with Crippen molar-refractivity contribution >= 4 is 17.5 Å². The molecule has 0 amide bonds. The van der Waals surface area contributed by atoms with Crippen molar-refractivity contribution < 1.29 is 13.6 Å². The van der Waals surface area contributed by atoms with E-state index < -0.39 is 5.25 Å². The lowest BCUT2D eigenvalue weighted by Gasteiger charge is -2.26. The zero-order chi connectivity index (χ0) is 21.8. The number of carbonyl (C=O) groups is 1. The molecule has 8 heteroatoms. The quantitative estimate of drug-likeness (QED) is 0.385. The van der Waals surface area contributed by atoms with Crippen LogP contribution in [0.1, 0.15) is 42.4 Å². The summed E-state index contributed by atoms with van der Waals surface area (Å²) in [6, 6.07) is 11.7. The number of hydrogen-bond donors (Lipinski definition) is 0. The first-order chi connectivity index (χ1) is 15.0. The second-order valence-electron chi connectivity index (χ2n) is 7.68. The van der Waals surface area contributed by atoms with E-state index in [1.807, 2.05) is 4.57 Å².